The van der Waals surface area contributed by atoms with E-state index in [1.807, 2.05) is 73.8 Å². The fourth-order valence-electron chi connectivity index (χ4n) is 4.01. The second-order valence-electron chi connectivity index (χ2n) is 9.39. The lowest BCUT2D eigenvalue weighted by molar-refractivity contribution is -0.131. The number of allylic oxidation sites excluding steroid dienone is 1. The van der Waals surface area contributed by atoms with Crippen LogP contribution in [0.3, 0.4) is 0 Å². The molecule has 1 aromatic heterocycles. The maximum Gasteiger partial charge on any atom is 0.244 e. The Morgan fingerprint density at radius 2 is 1.78 bits per heavy atom. The van der Waals surface area contributed by atoms with Gasteiger partial charge in [-0.15, -0.1) is 11.3 Å². The van der Waals surface area contributed by atoms with E-state index in [0.717, 1.165) is 32.3 Å². The van der Waals surface area contributed by atoms with Gasteiger partial charge in [-0.25, -0.2) is 0 Å². The smallest absolute Gasteiger partial charge is 0.244 e. The Hall–Kier alpha value is -3.49. The van der Waals surface area contributed by atoms with Crippen LogP contribution in [0.1, 0.15) is 43.9 Å². The van der Waals surface area contributed by atoms with E-state index in [2.05, 4.69) is 16.0 Å². The summed E-state index contributed by atoms with van der Waals surface area (Å²) in [6.07, 6.45) is 2.54. The first-order valence-corrected chi connectivity index (χ1v) is 12.8. The van der Waals surface area contributed by atoms with Crippen LogP contribution in [0.4, 0.5) is 0 Å². The summed E-state index contributed by atoms with van der Waals surface area (Å²) in [5.41, 5.74) is 8.86. The summed E-state index contributed by atoms with van der Waals surface area (Å²) in [6, 6.07) is 15.0. The van der Waals surface area contributed by atoms with Gasteiger partial charge in [0, 0.05) is 17.5 Å². The number of nitrogens with one attached hydrogen (secondary N) is 3. The molecule has 1 heterocycles. The molecule has 190 valence electrons. The van der Waals surface area contributed by atoms with Crippen molar-refractivity contribution in [3.8, 4) is 0 Å². The maximum atomic E-state index is 13.5. The SMILES string of the molecule is C/C=C(/C[C@@H](NC(=O)C(C)(C)N)C(=O)N[C@H](Cc1csc2ccccc12)NC=O)c1ccccc1C. The number of carbonyl (C=O) groups is 3. The van der Waals surface area contributed by atoms with Crippen LogP contribution < -0.4 is 21.7 Å². The molecule has 0 spiro atoms. The van der Waals surface area contributed by atoms with Crippen LogP contribution in [0.2, 0.25) is 0 Å². The van der Waals surface area contributed by atoms with Crippen molar-refractivity contribution in [1.29, 1.82) is 0 Å². The van der Waals surface area contributed by atoms with Crippen LogP contribution in [0.5, 0.6) is 0 Å². The quantitative estimate of drug-likeness (QED) is 0.235. The third-order valence-electron chi connectivity index (χ3n) is 6.04. The fraction of sp³-hybridized carbons (Fsp3) is 0.321. The average molecular weight is 507 g/mol. The summed E-state index contributed by atoms with van der Waals surface area (Å²) in [7, 11) is 0. The zero-order valence-corrected chi connectivity index (χ0v) is 21.9. The molecule has 3 rings (SSSR count). The van der Waals surface area contributed by atoms with Crippen molar-refractivity contribution < 1.29 is 14.4 Å². The molecular weight excluding hydrogens is 472 g/mol. The number of fused-ring (bicyclic) bond motifs is 1. The van der Waals surface area contributed by atoms with Crippen molar-refractivity contribution in [2.45, 2.75) is 58.3 Å². The van der Waals surface area contributed by atoms with Crippen LogP contribution in [0.25, 0.3) is 15.7 Å². The van der Waals surface area contributed by atoms with E-state index in [0.29, 0.717) is 12.8 Å². The van der Waals surface area contributed by atoms with E-state index < -0.39 is 29.6 Å². The van der Waals surface area contributed by atoms with Gasteiger partial charge in [-0.05, 0) is 66.8 Å². The monoisotopic (exact) mass is 506 g/mol. The molecule has 36 heavy (non-hydrogen) atoms. The highest BCUT2D eigenvalue weighted by Crippen LogP contribution is 2.27. The number of hydrogen-bond acceptors (Lipinski definition) is 5. The first-order chi connectivity index (χ1) is 17.1. The first kappa shape index (κ1) is 27.1. The average Bonchev–Trinajstić information content (AvgIpc) is 3.24. The molecule has 3 aromatic rings. The predicted molar refractivity (Wildman–Crippen MR) is 146 cm³/mol. The molecule has 0 aliphatic heterocycles. The number of carbonyl (C=O) groups excluding carboxylic acids is 3. The summed E-state index contributed by atoms with van der Waals surface area (Å²) >= 11 is 1.61. The molecular formula is C28H34N4O3S. The lowest BCUT2D eigenvalue weighted by atomic mass is 9.93. The van der Waals surface area contributed by atoms with E-state index in [1.54, 1.807) is 25.2 Å². The van der Waals surface area contributed by atoms with Gasteiger partial charge in [-0.1, -0.05) is 48.5 Å². The number of rotatable bonds is 11. The highest BCUT2D eigenvalue weighted by atomic mass is 32.1. The Balaban J connectivity index is 1.84. The van der Waals surface area contributed by atoms with E-state index in [1.165, 1.54) is 0 Å². The molecule has 7 nitrogen and oxygen atoms in total. The molecule has 2 aromatic carbocycles. The lowest BCUT2D eigenvalue weighted by Crippen LogP contribution is -2.58. The van der Waals surface area contributed by atoms with Gasteiger partial charge in [-0.2, -0.15) is 0 Å². The van der Waals surface area contributed by atoms with Gasteiger partial charge in [0.1, 0.15) is 12.2 Å². The molecule has 0 fully saturated rings. The molecule has 0 saturated heterocycles. The number of hydrogen-bond donors (Lipinski definition) is 4. The Bertz CT molecular complexity index is 1260. The van der Waals surface area contributed by atoms with Crippen LogP contribution >= 0.6 is 11.3 Å². The molecule has 5 N–H and O–H groups in total. The second-order valence-corrected chi connectivity index (χ2v) is 10.3. The fourth-order valence-corrected chi connectivity index (χ4v) is 4.98. The number of amides is 3. The van der Waals surface area contributed by atoms with Crippen molar-refractivity contribution in [3.05, 3.63) is 76.7 Å². The van der Waals surface area contributed by atoms with Crippen LogP contribution in [0.15, 0.2) is 60.0 Å². The van der Waals surface area contributed by atoms with Gasteiger partial charge < -0.3 is 21.7 Å². The molecule has 8 heteroatoms. The summed E-state index contributed by atoms with van der Waals surface area (Å²) in [5, 5.41) is 11.5. The highest BCUT2D eigenvalue weighted by Gasteiger charge is 2.30. The Labute approximate surface area is 216 Å². The lowest BCUT2D eigenvalue weighted by Gasteiger charge is -2.27. The number of aryl methyl sites for hydroxylation is 1. The van der Waals surface area contributed by atoms with Crippen molar-refractivity contribution in [3.63, 3.8) is 0 Å². The number of thiophene rings is 1. The van der Waals surface area contributed by atoms with Crippen molar-refractivity contribution in [1.82, 2.24) is 16.0 Å². The molecule has 0 aliphatic carbocycles. The summed E-state index contributed by atoms with van der Waals surface area (Å²) < 4.78 is 1.13. The minimum Gasteiger partial charge on any atom is -0.342 e. The summed E-state index contributed by atoms with van der Waals surface area (Å²) in [5.74, 6) is -0.842. The molecule has 0 radical (unpaired) electrons. The molecule has 3 amide bonds. The Morgan fingerprint density at radius 3 is 2.44 bits per heavy atom. The van der Waals surface area contributed by atoms with Gasteiger partial charge in [0.2, 0.25) is 18.2 Å². The van der Waals surface area contributed by atoms with Crippen LogP contribution in [0, 0.1) is 6.92 Å². The second kappa shape index (κ2) is 12.0. The largest absolute Gasteiger partial charge is 0.342 e. The summed E-state index contributed by atoms with van der Waals surface area (Å²) in [4.78, 5) is 37.6. The van der Waals surface area contributed by atoms with Crippen LogP contribution in [-0.4, -0.2) is 36.0 Å². The number of nitrogens with two attached hydrogens (primary N) is 1. The third kappa shape index (κ3) is 6.80. The molecule has 2 atom stereocenters. The van der Waals surface area contributed by atoms with E-state index in [9.17, 15) is 14.4 Å². The summed E-state index contributed by atoms with van der Waals surface area (Å²) in [6.45, 7) is 7.09. The van der Waals surface area contributed by atoms with E-state index in [-0.39, 0.29) is 6.42 Å². The minimum absolute atomic E-state index is 0.268. The normalized spacial score (nSPS) is 13.6. The number of benzene rings is 2. The van der Waals surface area contributed by atoms with E-state index in [4.69, 9.17) is 5.73 Å². The van der Waals surface area contributed by atoms with Gasteiger partial charge >= 0.3 is 0 Å². The van der Waals surface area contributed by atoms with E-state index >= 15 is 0 Å². The van der Waals surface area contributed by atoms with Gasteiger partial charge in [0.25, 0.3) is 0 Å². The molecule has 0 saturated carbocycles. The zero-order chi connectivity index (χ0) is 26.3. The third-order valence-corrected chi connectivity index (χ3v) is 7.05. The maximum absolute atomic E-state index is 13.5. The topological polar surface area (TPSA) is 113 Å². The standard InChI is InChI=1S/C28H34N4O3S/c1-5-19(21-11-7-6-10-18(21)2)14-23(31-27(35)28(3,4)29)26(34)32-25(30-17-33)15-20-16-36-24-13-9-8-12-22(20)24/h5-13,16-17,23,25H,14-15,29H2,1-4H3,(H,30,33)(H,31,35)(H,32,34)/b19-5-/t23-,25-/m1/s1. The Morgan fingerprint density at radius 1 is 1.08 bits per heavy atom. The first-order valence-electron chi connectivity index (χ1n) is 11.9. The highest BCUT2D eigenvalue weighted by molar-refractivity contribution is 7.17. The Kier molecular flexibility index (Phi) is 9.01. The molecule has 0 aliphatic rings. The van der Waals surface area contributed by atoms with Crippen molar-refractivity contribution >= 4 is 45.2 Å². The van der Waals surface area contributed by atoms with Gasteiger partial charge in [0.15, 0.2) is 0 Å². The van der Waals surface area contributed by atoms with Gasteiger partial charge in [-0.3, -0.25) is 14.4 Å². The van der Waals surface area contributed by atoms with Crippen LogP contribution in [-0.2, 0) is 20.8 Å². The predicted octanol–water partition coefficient (Wildman–Crippen LogP) is 3.66. The van der Waals surface area contributed by atoms with Crippen molar-refractivity contribution in [2.24, 2.45) is 5.73 Å². The minimum atomic E-state index is -1.16. The molecule has 0 unspecified atom stereocenters. The zero-order valence-electron chi connectivity index (χ0n) is 21.1. The van der Waals surface area contributed by atoms with Crippen molar-refractivity contribution in [2.75, 3.05) is 0 Å². The molecule has 0 bridgehead atoms. The van der Waals surface area contributed by atoms with Gasteiger partial charge in [0.05, 0.1) is 5.54 Å².